The molecule has 2 aromatic carbocycles. The Labute approximate surface area is 166 Å². The minimum atomic E-state index is -4.07. The third-order valence-corrected chi connectivity index (χ3v) is 6.95. The van der Waals surface area contributed by atoms with Crippen molar-refractivity contribution in [2.45, 2.75) is 11.8 Å². The number of hydrogen-bond donors (Lipinski definition) is 2. The number of benzene rings is 2. The van der Waals surface area contributed by atoms with Crippen LogP contribution in [0.2, 0.25) is 5.02 Å². The topological polar surface area (TPSA) is 110 Å². The zero-order chi connectivity index (χ0) is 19.5. The average Bonchev–Trinajstić information content (AvgIpc) is 3.06. The fourth-order valence-corrected chi connectivity index (χ4v) is 5.87. The Morgan fingerprint density at radius 1 is 1.33 bits per heavy atom. The first-order chi connectivity index (χ1) is 12.7. The Morgan fingerprint density at radius 3 is 2.81 bits per heavy atom. The van der Waals surface area contributed by atoms with Crippen molar-refractivity contribution in [3.05, 3.63) is 50.0 Å². The second-order valence-corrected chi connectivity index (χ2v) is 8.79. The van der Waals surface area contributed by atoms with Crippen LogP contribution in [0, 0.1) is 6.92 Å². The normalized spacial score (nSPS) is 12.1. The molecular formula is C16H12BrClN4O4S. The molecule has 0 saturated carbocycles. The van der Waals surface area contributed by atoms with E-state index in [-0.39, 0.29) is 20.0 Å². The molecule has 11 heteroatoms. The van der Waals surface area contributed by atoms with Crippen molar-refractivity contribution >= 4 is 65.2 Å². The maximum atomic E-state index is 12.9. The summed E-state index contributed by atoms with van der Waals surface area (Å²) in [6.07, 6.45) is 0. The number of nitrogens with one attached hydrogen (secondary N) is 2. The highest BCUT2D eigenvalue weighted by Crippen LogP contribution is 2.36. The van der Waals surface area contributed by atoms with Crippen LogP contribution >= 0.6 is 27.5 Å². The molecule has 0 saturated heterocycles. The Kier molecular flexibility index (Phi) is 4.09. The lowest BCUT2D eigenvalue weighted by molar-refractivity contribution is 0.554. The van der Waals surface area contributed by atoms with E-state index in [1.54, 1.807) is 29.9 Å². The van der Waals surface area contributed by atoms with Crippen LogP contribution < -0.4 is 10.5 Å². The van der Waals surface area contributed by atoms with Gasteiger partial charge in [-0.1, -0.05) is 11.6 Å². The summed E-state index contributed by atoms with van der Waals surface area (Å²) in [5.41, 5.74) is 2.25. The third-order valence-electron chi connectivity index (χ3n) is 4.12. The van der Waals surface area contributed by atoms with Crippen LogP contribution in [0.25, 0.3) is 22.0 Å². The lowest BCUT2D eigenvalue weighted by Crippen LogP contribution is -2.14. The van der Waals surface area contributed by atoms with E-state index in [4.69, 9.17) is 16.0 Å². The molecule has 0 amide bonds. The summed E-state index contributed by atoms with van der Waals surface area (Å²) in [5.74, 6) is -0.724. The van der Waals surface area contributed by atoms with Crippen LogP contribution in [0.4, 0.5) is 5.69 Å². The van der Waals surface area contributed by atoms with Gasteiger partial charge in [0.2, 0.25) is 0 Å². The molecule has 140 valence electrons. The Hall–Kier alpha value is -2.30. The fourth-order valence-electron chi connectivity index (χ4n) is 2.96. The highest BCUT2D eigenvalue weighted by atomic mass is 79.9. The minimum absolute atomic E-state index is 0.0250. The zero-order valence-corrected chi connectivity index (χ0v) is 17.2. The van der Waals surface area contributed by atoms with Gasteiger partial charge in [-0.2, -0.15) is 5.10 Å². The SMILES string of the molecule is Cc1nn(C)c2cc(NS(=O)(=O)c3c(Br)cc4[nH]c(=O)oc4c3Cl)ccc12. The summed E-state index contributed by atoms with van der Waals surface area (Å²) in [6.45, 7) is 1.88. The monoisotopic (exact) mass is 470 g/mol. The molecule has 0 bridgehead atoms. The molecule has 0 radical (unpaired) electrons. The fraction of sp³-hybridized carbons (Fsp3) is 0.125. The number of rotatable bonds is 3. The van der Waals surface area contributed by atoms with Crippen molar-refractivity contribution in [1.29, 1.82) is 0 Å². The Morgan fingerprint density at radius 2 is 2.07 bits per heavy atom. The van der Waals surface area contributed by atoms with Gasteiger partial charge in [-0.15, -0.1) is 0 Å². The standard InChI is InChI=1S/C16H12BrClN4O4S/c1-7-9-4-3-8(5-12(9)22(2)20-7)21-27(24,25)15-10(17)6-11-14(13(15)18)26-16(23)19-11/h3-6,21H,1-2H3,(H,19,23). The van der Waals surface area contributed by atoms with Crippen molar-refractivity contribution in [2.75, 3.05) is 4.72 Å². The van der Waals surface area contributed by atoms with Gasteiger partial charge in [0.15, 0.2) is 5.58 Å². The second kappa shape index (κ2) is 6.11. The molecule has 0 fully saturated rings. The molecular weight excluding hydrogens is 460 g/mol. The number of aromatic nitrogens is 3. The minimum Gasteiger partial charge on any atom is -0.406 e. The van der Waals surface area contributed by atoms with Crippen LogP contribution in [-0.4, -0.2) is 23.2 Å². The van der Waals surface area contributed by atoms with Gasteiger partial charge in [0.25, 0.3) is 10.0 Å². The first-order valence-electron chi connectivity index (χ1n) is 7.64. The molecule has 8 nitrogen and oxygen atoms in total. The van der Waals surface area contributed by atoms with Crippen LogP contribution in [0.5, 0.6) is 0 Å². The summed E-state index contributed by atoms with van der Waals surface area (Å²) < 4.78 is 35.2. The first kappa shape index (κ1) is 18.1. The number of H-pyrrole nitrogens is 1. The van der Waals surface area contributed by atoms with Gasteiger partial charge >= 0.3 is 5.76 Å². The Bertz CT molecular complexity index is 1390. The number of aryl methyl sites for hydroxylation is 2. The summed E-state index contributed by atoms with van der Waals surface area (Å²) in [6, 6.07) is 6.55. The van der Waals surface area contributed by atoms with Gasteiger partial charge in [-0.25, -0.2) is 13.2 Å². The molecule has 0 aliphatic rings. The average molecular weight is 472 g/mol. The summed E-state index contributed by atoms with van der Waals surface area (Å²) in [5, 5.41) is 5.05. The van der Waals surface area contributed by atoms with Crippen molar-refractivity contribution in [3.63, 3.8) is 0 Å². The largest absolute Gasteiger partial charge is 0.417 e. The quantitative estimate of drug-likeness (QED) is 0.475. The maximum Gasteiger partial charge on any atom is 0.417 e. The van der Waals surface area contributed by atoms with Crippen LogP contribution in [0.1, 0.15) is 5.69 Å². The summed E-state index contributed by atoms with van der Waals surface area (Å²) in [7, 11) is -2.29. The van der Waals surface area contributed by atoms with Crippen molar-refractivity contribution in [2.24, 2.45) is 7.05 Å². The van der Waals surface area contributed by atoms with Crippen molar-refractivity contribution in [3.8, 4) is 0 Å². The lowest BCUT2D eigenvalue weighted by atomic mass is 10.2. The van der Waals surface area contributed by atoms with Crippen LogP contribution in [0.3, 0.4) is 0 Å². The molecule has 0 aliphatic heterocycles. The predicted octanol–water partition coefficient (Wildman–Crippen LogP) is 3.53. The van der Waals surface area contributed by atoms with Gasteiger partial charge in [0.1, 0.15) is 9.92 Å². The number of nitrogens with zero attached hydrogens (tertiary/aromatic N) is 2. The third kappa shape index (κ3) is 2.93. The van der Waals surface area contributed by atoms with E-state index in [2.05, 4.69) is 30.7 Å². The number of fused-ring (bicyclic) bond motifs is 2. The van der Waals surface area contributed by atoms with Crippen LogP contribution in [0.15, 0.2) is 42.8 Å². The molecule has 0 unspecified atom stereocenters. The van der Waals surface area contributed by atoms with Gasteiger partial charge in [0, 0.05) is 16.9 Å². The summed E-state index contributed by atoms with van der Waals surface area (Å²) in [4.78, 5) is 13.6. The molecule has 2 N–H and O–H groups in total. The van der Waals surface area contributed by atoms with E-state index in [0.29, 0.717) is 11.2 Å². The maximum absolute atomic E-state index is 12.9. The van der Waals surface area contributed by atoms with E-state index in [1.165, 1.54) is 6.07 Å². The van der Waals surface area contributed by atoms with Gasteiger partial charge in [-0.05, 0) is 47.1 Å². The van der Waals surface area contributed by atoms with E-state index in [0.717, 1.165) is 16.6 Å². The molecule has 2 aromatic heterocycles. The van der Waals surface area contributed by atoms with Crippen LogP contribution in [-0.2, 0) is 17.1 Å². The van der Waals surface area contributed by atoms with Crippen molar-refractivity contribution < 1.29 is 12.8 Å². The lowest BCUT2D eigenvalue weighted by Gasteiger charge is -2.11. The smallest absolute Gasteiger partial charge is 0.406 e. The molecule has 2 heterocycles. The first-order valence-corrected chi connectivity index (χ1v) is 10.3. The molecule has 27 heavy (non-hydrogen) atoms. The number of aromatic amines is 1. The molecule has 0 aliphatic carbocycles. The molecule has 0 atom stereocenters. The van der Waals surface area contributed by atoms with Gasteiger partial charge in [-0.3, -0.25) is 14.4 Å². The number of sulfonamides is 1. The zero-order valence-electron chi connectivity index (χ0n) is 14.0. The van der Waals surface area contributed by atoms with Gasteiger partial charge < -0.3 is 4.42 Å². The highest BCUT2D eigenvalue weighted by Gasteiger charge is 2.26. The molecule has 4 aromatic rings. The molecule has 0 spiro atoms. The highest BCUT2D eigenvalue weighted by molar-refractivity contribution is 9.10. The number of oxazole rings is 1. The van der Waals surface area contributed by atoms with E-state index < -0.39 is 15.8 Å². The van der Waals surface area contributed by atoms with E-state index in [9.17, 15) is 13.2 Å². The van der Waals surface area contributed by atoms with E-state index >= 15 is 0 Å². The van der Waals surface area contributed by atoms with Crippen molar-refractivity contribution in [1.82, 2.24) is 14.8 Å². The molecule has 4 rings (SSSR count). The number of halogens is 2. The second-order valence-electron chi connectivity index (χ2n) is 5.94. The summed E-state index contributed by atoms with van der Waals surface area (Å²) >= 11 is 9.42. The van der Waals surface area contributed by atoms with E-state index in [1.807, 2.05) is 6.92 Å². The number of anilines is 1. The van der Waals surface area contributed by atoms with Gasteiger partial charge in [0.05, 0.1) is 22.4 Å². The predicted molar refractivity (Wildman–Crippen MR) is 106 cm³/mol. The number of hydrogen-bond acceptors (Lipinski definition) is 5. The Balaban J connectivity index is 1.83.